The number of carboxylic acids is 1. The van der Waals surface area contributed by atoms with E-state index in [1.165, 1.54) is 23.8 Å². The van der Waals surface area contributed by atoms with E-state index in [4.69, 9.17) is 4.74 Å². The number of benzene rings is 1. The summed E-state index contributed by atoms with van der Waals surface area (Å²) in [5.41, 5.74) is 0.0278. The van der Waals surface area contributed by atoms with Gasteiger partial charge in [-0.3, -0.25) is 4.79 Å². The van der Waals surface area contributed by atoms with E-state index in [0.29, 0.717) is 24.2 Å². The molecular formula is C37H52O7. The molecule has 7 heteroatoms. The molecule has 4 saturated carbocycles. The maximum atomic E-state index is 13.2. The highest BCUT2D eigenvalue weighted by Crippen LogP contribution is 2.76. The minimum absolute atomic E-state index is 0.0417. The summed E-state index contributed by atoms with van der Waals surface area (Å²) < 4.78 is 6.03. The number of allylic oxidation sites excluding steroid dienone is 2. The number of carbonyl (C=O) groups is 2. The summed E-state index contributed by atoms with van der Waals surface area (Å²) in [5, 5.41) is 42.0. The van der Waals surface area contributed by atoms with E-state index in [-0.39, 0.29) is 45.1 Å². The molecule has 10 atom stereocenters. The highest BCUT2D eigenvalue weighted by Gasteiger charge is 2.71. The molecule has 0 aliphatic heterocycles. The van der Waals surface area contributed by atoms with E-state index in [9.17, 15) is 30.0 Å². The van der Waals surface area contributed by atoms with Crippen LogP contribution in [0.5, 0.6) is 11.5 Å². The predicted octanol–water partition coefficient (Wildman–Crippen LogP) is 7.34. The van der Waals surface area contributed by atoms with Crippen molar-refractivity contribution in [2.24, 2.45) is 56.7 Å². The first-order valence-corrected chi connectivity index (χ1v) is 16.8. The molecule has 7 nitrogen and oxygen atoms in total. The monoisotopic (exact) mass is 608 g/mol. The number of carbonyl (C=O) groups excluding carboxylic acids is 1. The Morgan fingerprint density at radius 2 is 1.64 bits per heavy atom. The van der Waals surface area contributed by atoms with Gasteiger partial charge in [0.25, 0.3) is 0 Å². The number of aliphatic hydroxyl groups is 1. The Labute approximate surface area is 262 Å². The van der Waals surface area contributed by atoms with Gasteiger partial charge in [0.2, 0.25) is 0 Å². The van der Waals surface area contributed by atoms with Crippen LogP contribution in [0.4, 0.5) is 0 Å². The molecule has 1 aromatic rings. The fourth-order valence-electron chi connectivity index (χ4n) is 12.1. The van der Waals surface area contributed by atoms with Gasteiger partial charge in [0.1, 0.15) is 6.10 Å². The zero-order valence-electron chi connectivity index (χ0n) is 27.5. The van der Waals surface area contributed by atoms with Gasteiger partial charge in [-0.1, -0.05) is 60.1 Å². The summed E-state index contributed by atoms with van der Waals surface area (Å²) in [5.74, 6) is -0.529. The average molecular weight is 609 g/mol. The zero-order chi connectivity index (χ0) is 32.2. The van der Waals surface area contributed by atoms with Gasteiger partial charge in [0.15, 0.2) is 11.5 Å². The number of hydrogen-bond donors (Lipinski definition) is 4. The fraction of sp³-hybridized carbons (Fsp3) is 0.730. The zero-order valence-corrected chi connectivity index (χ0v) is 27.5. The highest BCUT2D eigenvalue weighted by atomic mass is 16.6. The Hall–Kier alpha value is -2.54. The number of ether oxygens (including phenoxy) is 1. The molecule has 0 amide bonds. The van der Waals surface area contributed by atoms with Crippen LogP contribution in [0.3, 0.4) is 0 Å². The maximum absolute atomic E-state index is 13.2. The third-order valence-corrected chi connectivity index (χ3v) is 14.5. The van der Waals surface area contributed by atoms with Crippen molar-refractivity contribution in [3.05, 3.63) is 35.4 Å². The van der Waals surface area contributed by atoms with E-state index >= 15 is 0 Å². The average Bonchev–Trinajstić information content (AvgIpc) is 3.34. The van der Waals surface area contributed by atoms with Crippen LogP contribution in [-0.2, 0) is 9.53 Å². The lowest BCUT2D eigenvalue weighted by Gasteiger charge is -2.71. The first-order valence-electron chi connectivity index (χ1n) is 16.8. The van der Waals surface area contributed by atoms with Crippen LogP contribution in [0.15, 0.2) is 29.8 Å². The number of phenolic OH excluding ortho intramolecular Hbond substituents is 2. The van der Waals surface area contributed by atoms with Crippen molar-refractivity contribution in [1.29, 1.82) is 0 Å². The molecule has 0 radical (unpaired) electrons. The Bertz CT molecular complexity index is 1400. The minimum atomic E-state index is -0.854. The normalized spacial score (nSPS) is 44.1. The summed E-state index contributed by atoms with van der Waals surface area (Å²) in [6.45, 7) is 16.0. The summed E-state index contributed by atoms with van der Waals surface area (Å²) in [6, 6.07) is 3.87. The van der Waals surface area contributed by atoms with Gasteiger partial charge in [-0.2, -0.15) is 0 Å². The number of fused-ring (bicyclic) bond motifs is 7. The van der Waals surface area contributed by atoms with E-state index in [2.05, 4.69) is 54.5 Å². The summed E-state index contributed by atoms with van der Waals surface area (Å²) in [7, 11) is 0. The molecule has 5 aliphatic carbocycles. The minimum Gasteiger partial charge on any atom is -0.504 e. The Morgan fingerprint density at radius 1 is 0.932 bits per heavy atom. The lowest BCUT2D eigenvalue weighted by Crippen LogP contribution is -2.67. The first-order chi connectivity index (χ1) is 20.4. The molecule has 4 N–H and O–H groups in total. The third kappa shape index (κ3) is 4.02. The van der Waals surface area contributed by atoms with Crippen LogP contribution in [-0.4, -0.2) is 44.6 Å². The van der Waals surface area contributed by atoms with Crippen LogP contribution in [0.25, 0.3) is 0 Å². The van der Waals surface area contributed by atoms with Crippen LogP contribution in [0, 0.1) is 56.7 Å². The number of phenols is 2. The molecule has 4 fully saturated rings. The number of carboxylic acid groups (broad SMARTS) is 1. The summed E-state index contributed by atoms with van der Waals surface area (Å²) >= 11 is 0. The van der Waals surface area contributed by atoms with Crippen molar-refractivity contribution in [3.63, 3.8) is 0 Å². The van der Waals surface area contributed by atoms with Crippen molar-refractivity contribution < 1.29 is 34.8 Å². The lowest BCUT2D eigenvalue weighted by atomic mass is 9.34. The molecule has 0 heterocycles. The summed E-state index contributed by atoms with van der Waals surface area (Å²) in [6.07, 6.45) is 7.60. The molecule has 0 aromatic heterocycles. The van der Waals surface area contributed by atoms with Crippen molar-refractivity contribution in [2.45, 2.75) is 112 Å². The van der Waals surface area contributed by atoms with E-state index in [1.54, 1.807) is 0 Å². The van der Waals surface area contributed by atoms with Crippen LogP contribution in [0.2, 0.25) is 0 Å². The van der Waals surface area contributed by atoms with E-state index < -0.39 is 35.0 Å². The number of aliphatic hydroxyl groups excluding tert-OH is 1. The van der Waals surface area contributed by atoms with Crippen molar-refractivity contribution >= 4 is 11.9 Å². The van der Waals surface area contributed by atoms with Gasteiger partial charge in [0.05, 0.1) is 17.1 Å². The number of aromatic hydroxyl groups is 2. The molecule has 2 unspecified atom stereocenters. The van der Waals surface area contributed by atoms with Crippen molar-refractivity contribution in [1.82, 2.24) is 0 Å². The van der Waals surface area contributed by atoms with Gasteiger partial charge in [0, 0.05) is 5.41 Å². The molecule has 0 spiro atoms. The van der Waals surface area contributed by atoms with Gasteiger partial charge in [-0.15, -0.1) is 0 Å². The van der Waals surface area contributed by atoms with Gasteiger partial charge < -0.3 is 25.2 Å². The topological polar surface area (TPSA) is 124 Å². The quantitative estimate of drug-likeness (QED) is 0.160. The molecular weight excluding hydrogens is 556 g/mol. The largest absolute Gasteiger partial charge is 0.504 e. The van der Waals surface area contributed by atoms with Gasteiger partial charge >= 0.3 is 11.9 Å². The highest BCUT2D eigenvalue weighted by molar-refractivity contribution is 5.90. The van der Waals surface area contributed by atoms with Crippen LogP contribution >= 0.6 is 0 Å². The Kier molecular flexibility index (Phi) is 7.13. The van der Waals surface area contributed by atoms with Gasteiger partial charge in [-0.05, 0) is 115 Å². The molecule has 242 valence electrons. The molecule has 44 heavy (non-hydrogen) atoms. The standard InChI is InChI=1S/C37H52O7/c1-20(2)22-12-15-37(32(42)43)17-16-35(6)23(29(22)37)9-11-28-34(5)19-26(40)30(33(3,4)27(34)13-14-36(28,35)7)44-31(41)21-8-10-24(38)25(39)18-21/h8-10,18,20,22,26-30,38-40H,11-17,19H2,1-7H3,(H,42,43)/t22-,26?,27-,28+,29+,30?,34-,35+,36+,37-/m0/s1. The second-order valence-corrected chi connectivity index (χ2v) is 16.8. The van der Waals surface area contributed by atoms with Crippen molar-refractivity contribution in [3.8, 4) is 11.5 Å². The number of esters is 1. The van der Waals surface area contributed by atoms with Crippen LogP contribution in [0.1, 0.15) is 110 Å². The van der Waals surface area contributed by atoms with E-state index in [1.807, 2.05) is 0 Å². The molecule has 6 rings (SSSR count). The third-order valence-electron chi connectivity index (χ3n) is 14.5. The SMILES string of the molecule is CC(C)[C@@H]1CC[C@]2(C(=O)O)CC[C@]3(C)C(=CC[C@@H]4[C@@]5(C)CC(O)C(OC(=O)c6ccc(O)c(O)c6)C(C)(C)[C@@H]5CC[C@]43C)[C@@H]12. The van der Waals surface area contributed by atoms with Crippen LogP contribution < -0.4 is 0 Å². The second kappa shape index (κ2) is 9.98. The predicted molar refractivity (Wildman–Crippen MR) is 167 cm³/mol. The molecule has 0 saturated heterocycles. The molecule has 0 bridgehead atoms. The number of rotatable bonds is 4. The summed E-state index contributed by atoms with van der Waals surface area (Å²) in [4.78, 5) is 26.1. The van der Waals surface area contributed by atoms with Gasteiger partial charge in [-0.25, -0.2) is 4.79 Å². The smallest absolute Gasteiger partial charge is 0.338 e. The Balaban J connectivity index is 1.34. The molecule has 1 aromatic carbocycles. The fourth-order valence-corrected chi connectivity index (χ4v) is 12.1. The number of hydrogen-bond acceptors (Lipinski definition) is 6. The lowest BCUT2D eigenvalue weighted by molar-refractivity contribution is -0.230. The Morgan fingerprint density at radius 3 is 2.27 bits per heavy atom. The second-order valence-electron chi connectivity index (χ2n) is 16.8. The first kappa shape index (κ1) is 31.4. The van der Waals surface area contributed by atoms with Crippen molar-refractivity contribution in [2.75, 3.05) is 0 Å². The number of aliphatic carboxylic acids is 1. The molecule has 5 aliphatic rings. The van der Waals surface area contributed by atoms with E-state index in [0.717, 1.165) is 44.9 Å². The maximum Gasteiger partial charge on any atom is 0.338 e.